The second-order valence-corrected chi connectivity index (χ2v) is 9.36. The molecule has 6 heterocycles. The maximum atomic E-state index is 5.76. The molecule has 6 rings (SSSR count). The van der Waals surface area contributed by atoms with Crippen molar-refractivity contribution in [2.24, 2.45) is 16.2 Å². The zero-order valence-corrected chi connectivity index (χ0v) is 15.4. The van der Waals surface area contributed by atoms with E-state index in [2.05, 4.69) is 39.8 Å². The first kappa shape index (κ1) is 14.9. The third-order valence-corrected chi connectivity index (χ3v) is 7.72. The minimum atomic E-state index is 0.207. The zero-order valence-electron chi connectivity index (χ0n) is 15.4. The molecule has 6 aliphatic heterocycles. The van der Waals surface area contributed by atoms with Gasteiger partial charge >= 0.3 is 0 Å². The van der Waals surface area contributed by atoms with Gasteiger partial charge in [0.25, 0.3) is 0 Å². The zero-order chi connectivity index (χ0) is 16.9. The lowest BCUT2D eigenvalue weighted by Crippen LogP contribution is -2.72. The van der Waals surface area contributed by atoms with Crippen molar-refractivity contribution in [2.75, 3.05) is 66.6 Å². The fourth-order valence-electron chi connectivity index (χ4n) is 6.56. The molecule has 0 aromatic heterocycles. The van der Waals surface area contributed by atoms with Crippen molar-refractivity contribution < 1.29 is 4.74 Å². The number of dihydropyridines is 1. The number of nitrogens with one attached hydrogen (secondary N) is 3. The maximum absolute atomic E-state index is 5.76. The van der Waals surface area contributed by atoms with E-state index in [1.165, 1.54) is 24.5 Å². The molecule has 3 spiro atoms. The number of ether oxygens (including phenoxy) is 1. The Bertz CT molecular complexity index is 697. The van der Waals surface area contributed by atoms with Gasteiger partial charge in [0.2, 0.25) is 0 Å². The first-order valence-electron chi connectivity index (χ1n) is 9.78. The Morgan fingerprint density at radius 2 is 1.80 bits per heavy atom. The van der Waals surface area contributed by atoms with Crippen LogP contribution < -0.4 is 16.0 Å². The maximum Gasteiger partial charge on any atom is 0.107 e. The molecule has 0 aliphatic carbocycles. The van der Waals surface area contributed by atoms with Crippen LogP contribution in [0.5, 0.6) is 0 Å². The third-order valence-electron chi connectivity index (χ3n) is 7.72. The second-order valence-electron chi connectivity index (χ2n) is 9.36. The van der Waals surface area contributed by atoms with E-state index in [-0.39, 0.29) is 10.8 Å². The first-order valence-corrected chi connectivity index (χ1v) is 9.78. The molecule has 3 fully saturated rings. The van der Waals surface area contributed by atoms with Gasteiger partial charge in [-0.25, -0.2) is 0 Å². The van der Waals surface area contributed by atoms with E-state index < -0.39 is 0 Å². The summed E-state index contributed by atoms with van der Waals surface area (Å²) in [4.78, 5) is 4.96. The third kappa shape index (κ3) is 1.62. The predicted octanol–water partition coefficient (Wildman–Crippen LogP) is -0.120. The van der Waals surface area contributed by atoms with E-state index in [0.29, 0.717) is 5.41 Å². The number of nitrogens with zero attached hydrogens (tertiary/aromatic N) is 2. The average molecular weight is 343 g/mol. The molecule has 3 saturated heterocycles. The van der Waals surface area contributed by atoms with Crippen molar-refractivity contribution in [3.05, 3.63) is 22.8 Å². The molecule has 0 aromatic carbocycles. The van der Waals surface area contributed by atoms with Gasteiger partial charge in [-0.05, 0) is 31.0 Å². The van der Waals surface area contributed by atoms with Crippen LogP contribution in [-0.4, -0.2) is 76.4 Å². The molecule has 0 unspecified atom stereocenters. The minimum Gasteiger partial charge on any atom is -0.379 e. The Balaban J connectivity index is 1.56. The van der Waals surface area contributed by atoms with E-state index in [4.69, 9.17) is 4.74 Å². The van der Waals surface area contributed by atoms with Crippen molar-refractivity contribution >= 4 is 0 Å². The van der Waals surface area contributed by atoms with Crippen LogP contribution in [0.25, 0.3) is 0 Å². The van der Waals surface area contributed by atoms with E-state index >= 15 is 0 Å². The Kier molecular flexibility index (Phi) is 2.70. The molecule has 6 heteroatoms. The summed E-state index contributed by atoms with van der Waals surface area (Å²) in [6, 6.07) is 0. The van der Waals surface area contributed by atoms with E-state index in [0.717, 1.165) is 52.5 Å². The molecule has 0 atom stereocenters. The van der Waals surface area contributed by atoms with Gasteiger partial charge in [-0.15, -0.1) is 0 Å². The van der Waals surface area contributed by atoms with Crippen LogP contribution in [0.15, 0.2) is 22.8 Å². The number of hydrogen-bond donors (Lipinski definition) is 3. The standard InChI is InChI=1S/C19H29N5O/c1-23-9-19(10-23)13-15(21-5-3-18(13)11-25-12-18)22-16-14(19)17(7-20-8-17)4-6-24(16)2/h20-22H,3-12H2,1-2H3. The molecular weight excluding hydrogens is 314 g/mol. The Morgan fingerprint density at radius 1 is 1.00 bits per heavy atom. The summed E-state index contributed by atoms with van der Waals surface area (Å²) in [5, 5.41) is 11.2. The Hall–Kier alpha value is -1.24. The Labute approximate surface area is 149 Å². The minimum absolute atomic E-state index is 0.207. The molecule has 3 N–H and O–H groups in total. The number of fused-ring (bicyclic) bond motifs is 4. The Morgan fingerprint density at radius 3 is 2.40 bits per heavy atom. The van der Waals surface area contributed by atoms with Crippen molar-refractivity contribution in [1.82, 2.24) is 25.8 Å². The van der Waals surface area contributed by atoms with Crippen LogP contribution in [0.4, 0.5) is 0 Å². The number of rotatable bonds is 0. The molecule has 0 radical (unpaired) electrons. The molecule has 0 saturated carbocycles. The summed E-state index contributed by atoms with van der Waals surface area (Å²) in [5.74, 6) is 2.70. The smallest absolute Gasteiger partial charge is 0.107 e. The van der Waals surface area contributed by atoms with Gasteiger partial charge in [-0.1, -0.05) is 0 Å². The van der Waals surface area contributed by atoms with Crippen LogP contribution in [0.3, 0.4) is 0 Å². The lowest BCUT2D eigenvalue weighted by Gasteiger charge is -2.67. The predicted molar refractivity (Wildman–Crippen MR) is 95.5 cm³/mol. The molecular formula is C19H29N5O. The van der Waals surface area contributed by atoms with Crippen molar-refractivity contribution in [2.45, 2.75) is 12.8 Å². The van der Waals surface area contributed by atoms with Crippen molar-refractivity contribution in [3.63, 3.8) is 0 Å². The molecule has 136 valence electrons. The largest absolute Gasteiger partial charge is 0.379 e. The molecule has 0 aromatic rings. The quantitative estimate of drug-likeness (QED) is 0.570. The first-order chi connectivity index (χ1) is 12.1. The highest BCUT2D eigenvalue weighted by atomic mass is 16.5. The fraction of sp³-hybridized carbons (Fsp3) is 0.789. The molecule has 0 amide bonds. The highest BCUT2D eigenvalue weighted by Crippen LogP contribution is 2.63. The second kappa shape index (κ2) is 4.53. The van der Waals surface area contributed by atoms with Gasteiger partial charge in [0, 0.05) is 62.6 Å². The summed E-state index contributed by atoms with van der Waals surface area (Å²) >= 11 is 0. The molecule has 25 heavy (non-hydrogen) atoms. The lowest BCUT2D eigenvalue weighted by atomic mass is 9.49. The van der Waals surface area contributed by atoms with Gasteiger partial charge < -0.3 is 30.5 Å². The van der Waals surface area contributed by atoms with E-state index in [1.54, 1.807) is 11.1 Å². The summed E-state index contributed by atoms with van der Waals surface area (Å²) in [6.07, 6.45) is 2.49. The summed E-state index contributed by atoms with van der Waals surface area (Å²) < 4.78 is 5.76. The normalized spacial score (nSPS) is 33.9. The monoisotopic (exact) mass is 343 g/mol. The average Bonchev–Trinajstić information content (AvgIpc) is 2.51. The lowest BCUT2D eigenvalue weighted by molar-refractivity contribution is -0.120. The summed E-state index contributed by atoms with van der Waals surface area (Å²) in [5.41, 5.74) is 4.19. The summed E-state index contributed by atoms with van der Waals surface area (Å²) in [6.45, 7) is 8.63. The molecule has 6 nitrogen and oxygen atoms in total. The summed E-state index contributed by atoms with van der Waals surface area (Å²) in [7, 11) is 4.53. The topological polar surface area (TPSA) is 51.8 Å². The van der Waals surface area contributed by atoms with Crippen molar-refractivity contribution in [1.29, 1.82) is 0 Å². The van der Waals surface area contributed by atoms with Crippen LogP contribution in [0.1, 0.15) is 12.8 Å². The molecule has 6 aliphatic rings. The van der Waals surface area contributed by atoms with E-state index in [1.807, 2.05) is 0 Å². The van der Waals surface area contributed by atoms with Gasteiger partial charge in [-0.2, -0.15) is 0 Å². The fourth-order valence-corrected chi connectivity index (χ4v) is 6.56. The molecule has 0 bridgehead atoms. The highest BCUT2D eigenvalue weighted by molar-refractivity contribution is 5.52. The highest BCUT2D eigenvalue weighted by Gasteiger charge is 2.65. The number of hydrogen-bond acceptors (Lipinski definition) is 6. The van der Waals surface area contributed by atoms with E-state index in [9.17, 15) is 0 Å². The van der Waals surface area contributed by atoms with Gasteiger partial charge in [0.15, 0.2) is 0 Å². The van der Waals surface area contributed by atoms with Gasteiger partial charge in [0.1, 0.15) is 11.6 Å². The van der Waals surface area contributed by atoms with Crippen LogP contribution in [0, 0.1) is 16.2 Å². The van der Waals surface area contributed by atoms with Crippen LogP contribution in [0.2, 0.25) is 0 Å². The van der Waals surface area contributed by atoms with Crippen LogP contribution in [-0.2, 0) is 4.74 Å². The van der Waals surface area contributed by atoms with Crippen molar-refractivity contribution in [3.8, 4) is 0 Å². The van der Waals surface area contributed by atoms with Gasteiger partial charge in [-0.3, -0.25) is 0 Å². The van der Waals surface area contributed by atoms with Crippen LogP contribution >= 0.6 is 0 Å². The SMILES string of the molecule is CN1CC2(C1)C1=C(NCCC13COC3)NC1=C2C2(CCN1C)CNC2. The van der Waals surface area contributed by atoms with Gasteiger partial charge in [0.05, 0.1) is 13.2 Å². The number of likely N-dealkylation sites (tertiary alicyclic amines) is 1.